The van der Waals surface area contributed by atoms with Crippen LogP contribution in [0.1, 0.15) is 39.0 Å². The molecular formula is C25H34N2O6Si. The van der Waals surface area contributed by atoms with Crippen LogP contribution in [0, 0.1) is 0 Å². The third-order valence-corrected chi connectivity index (χ3v) is 11.5. The van der Waals surface area contributed by atoms with E-state index in [0.717, 1.165) is 5.56 Å². The quantitative estimate of drug-likeness (QED) is 0.630. The Morgan fingerprint density at radius 3 is 2.47 bits per heavy atom. The highest BCUT2D eigenvalue weighted by Crippen LogP contribution is 2.44. The third kappa shape index (κ3) is 5.03. The molecular weight excluding hydrogens is 452 g/mol. The number of aliphatic hydroxyl groups excluding tert-OH is 1. The molecule has 34 heavy (non-hydrogen) atoms. The van der Waals surface area contributed by atoms with E-state index < -0.39 is 50.2 Å². The fourth-order valence-electron chi connectivity index (χ4n) is 4.16. The molecule has 6 atom stereocenters. The summed E-state index contributed by atoms with van der Waals surface area (Å²) >= 11 is 0. The Morgan fingerprint density at radius 2 is 1.82 bits per heavy atom. The first kappa shape index (κ1) is 24.8. The van der Waals surface area contributed by atoms with Crippen LogP contribution in [-0.4, -0.2) is 53.5 Å². The van der Waals surface area contributed by atoms with E-state index in [4.69, 9.17) is 13.9 Å². The average Bonchev–Trinajstić information content (AvgIpc) is 3.10. The van der Waals surface area contributed by atoms with Crippen molar-refractivity contribution in [2.75, 3.05) is 0 Å². The Balaban J connectivity index is 1.67. The summed E-state index contributed by atoms with van der Waals surface area (Å²) in [6.07, 6.45) is 1.87. The van der Waals surface area contributed by atoms with Crippen LogP contribution in [0.25, 0.3) is 6.08 Å². The van der Waals surface area contributed by atoms with Crippen molar-refractivity contribution in [3.05, 3.63) is 75.1 Å². The first-order valence-electron chi connectivity index (χ1n) is 11.7. The minimum absolute atomic E-state index is 0.0918. The molecule has 0 unspecified atom stereocenters. The Morgan fingerprint density at radius 1 is 1.12 bits per heavy atom. The summed E-state index contributed by atoms with van der Waals surface area (Å²) in [5.41, 5.74) is -0.0342. The number of aliphatic hydroxyl groups is 1. The standard InChI is InChI=1S/C25H34N2O6Si/c1-25(2,3)34(4,5)33-22-21-20(32-23(22)27-14-13-19(29)26-24(27)30)18(28)15-17(31-21)12-11-16-9-7-6-8-10-16/h6-14,17-18,20-23,28H,15H2,1-5H3,(H,26,29,30)/b12-11+/t17-,18+,20-,21-,22-,23-/m1/s1. The Hall–Kier alpha value is -2.30. The number of fused-ring (bicyclic) bond motifs is 1. The van der Waals surface area contributed by atoms with Gasteiger partial charge in [-0.25, -0.2) is 4.79 Å². The van der Waals surface area contributed by atoms with Gasteiger partial charge in [0.2, 0.25) is 0 Å². The molecule has 0 bridgehead atoms. The maximum atomic E-state index is 12.6. The molecule has 0 amide bonds. The number of hydrogen-bond donors (Lipinski definition) is 2. The van der Waals surface area contributed by atoms with E-state index in [0.29, 0.717) is 6.42 Å². The highest BCUT2D eigenvalue weighted by atomic mass is 28.4. The van der Waals surface area contributed by atoms with Gasteiger partial charge in [0.15, 0.2) is 14.5 Å². The van der Waals surface area contributed by atoms with E-state index in [1.807, 2.05) is 42.5 Å². The number of nitrogens with one attached hydrogen (secondary N) is 1. The predicted octanol–water partition coefficient (Wildman–Crippen LogP) is 3.06. The van der Waals surface area contributed by atoms with Crippen molar-refractivity contribution in [2.45, 2.75) is 82.1 Å². The second-order valence-electron chi connectivity index (χ2n) is 10.6. The van der Waals surface area contributed by atoms with Crippen LogP contribution in [0.2, 0.25) is 18.1 Å². The molecule has 1 aromatic carbocycles. The molecule has 9 heteroatoms. The van der Waals surface area contributed by atoms with Gasteiger partial charge in [0.1, 0.15) is 18.3 Å². The van der Waals surface area contributed by atoms with Gasteiger partial charge in [-0.1, -0.05) is 63.3 Å². The lowest BCUT2D eigenvalue weighted by Gasteiger charge is -2.42. The van der Waals surface area contributed by atoms with Gasteiger partial charge in [-0.3, -0.25) is 14.3 Å². The Bertz CT molecular complexity index is 1140. The molecule has 8 nitrogen and oxygen atoms in total. The fraction of sp³-hybridized carbons (Fsp3) is 0.520. The summed E-state index contributed by atoms with van der Waals surface area (Å²) in [6, 6.07) is 11.2. The molecule has 2 aliphatic heterocycles. The van der Waals surface area contributed by atoms with Gasteiger partial charge in [0.25, 0.3) is 5.56 Å². The van der Waals surface area contributed by atoms with E-state index in [2.05, 4.69) is 38.8 Å². The summed E-state index contributed by atoms with van der Waals surface area (Å²) in [5, 5.41) is 10.9. The molecule has 2 fully saturated rings. The van der Waals surface area contributed by atoms with E-state index in [9.17, 15) is 14.7 Å². The molecule has 4 rings (SSSR count). The fourth-order valence-corrected chi connectivity index (χ4v) is 5.44. The molecule has 0 spiro atoms. The molecule has 0 aliphatic carbocycles. The average molecular weight is 487 g/mol. The molecule has 2 aromatic rings. The number of benzene rings is 1. The van der Waals surface area contributed by atoms with Gasteiger partial charge < -0.3 is 19.0 Å². The number of aromatic nitrogens is 2. The van der Waals surface area contributed by atoms with Crippen molar-refractivity contribution >= 4 is 14.4 Å². The molecule has 2 saturated heterocycles. The van der Waals surface area contributed by atoms with Crippen LogP contribution >= 0.6 is 0 Å². The van der Waals surface area contributed by atoms with Crippen molar-refractivity contribution in [3.8, 4) is 0 Å². The van der Waals surface area contributed by atoms with E-state index in [1.165, 1.54) is 16.8 Å². The second-order valence-corrected chi connectivity index (χ2v) is 15.3. The lowest BCUT2D eigenvalue weighted by Crippen LogP contribution is -2.53. The zero-order valence-corrected chi connectivity index (χ0v) is 21.3. The smallest absolute Gasteiger partial charge is 0.330 e. The summed E-state index contributed by atoms with van der Waals surface area (Å²) in [5.74, 6) is 0. The van der Waals surface area contributed by atoms with Crippen LogP contribution in [0.3, 0.4) is 0 Å². The van der Waals surface area contributed by atoms with E-state index >= 15 is 0 Å². The number of nitrogens with zero attached hydrogens (tertiary/aromatic N) is 1. The SMILES string of the molecule is CC(C)(C)[Si](C)(C)O[C@@H]1[C@@H]2O[C@H](/C=C/c3ccccc3)C[C@H](O)[C@H]2O[C@H]1n1ccc(=O)[nH]c1=O. The summed E-state index contributed by atoms with van der Waals surface area (Å²) in [6.45, 7) is 10.7. The summed E-state index contributed by atoms with van der Waals surface area (Å²) in [7, 11) is -2.31. The highest BCUT2D eigenvalue weighted by Gasteiger charge is 2.56. The van der Waals surface area contributed by atoms with Gasteiger partial charge in [-0.2, -0.15) is 0 Å². The van der Waals surface area contributed by atoms with Gasteiger partial charge in [-0.05, 0) is 23.7 Å². The molecule has 1 aromatic heterocycles. The molecule has 0 radical (unpaired) electrons. The van der Waals surface area contributed by atoms with Crippen molar-refractivity contribution in [1.82, 2.24) is 9.55 Å². The topological polar surface area (TPSA) is 103 Å². The van der Waals surface area contributed by atoms with Gasteiger partial charge in [0.05, 0.1) is 12.2 Å². The molecule has 3 heterocycles. The van der Waals surface area contributed by atoms with Crippen molar-refractivity contribution in [3.63, 3.8) is 0 Å². The van der Waals surface area contributed by atoms with Crippen molar-refractivity contribution < 1.29 is 19.0 Å². The van der Waals surface area contributed by atoms with Gasteiger partial charge >= 0.3 is 5.69 Å². The van der Waals surface area contributed by atoms with Crippen LogP contribution in [0.15, 0.2) is 58.3 Å². The summed E-state index contributed by atoms with van der Waals surface area (Å²) < 4.78 is 20.7. The largest absolute Gasteiger partial charge is 0.407 e. The maximum absolute atomic E-state index is 12.6. The zero-order chi connectivity index (χ0) is 24.7. The minimum atomic E-state index is -2.31. The number of hydrogen-bond acceptors (Lipinski definition) is 6. The lowest BCUT2D eigenvalue weighted by molar-refractivity contribution is -0.151. The monoisotopic (exact) mass is 486 g/mol. The molecule has 2 N–H and O–H groups in total. The first-order chi connectivity index (χ1) is 16.0. The van der Waals surface area contributed by atoms with Crippen molar-refractivity contribution in [1.29, 1.82) is 0 Å². The van der Waals surface area contributed by atoms with Crippen LogP contribution in [-0.2, 0) is 13.9 Å². The van der Waals surface area contributed by atoms with E-state index in [-0.39, 0.29) is 11.1 Å². The predicted molar refractivity (Wildman–Crippen MR) is 132 cm³/mol. The Labute approximate surface area is 200 Å². The van der Waals surface area contributed by atoms with E-state index in [1.54, 1.807) is 0 Å². The normalized spacial score (nSPS) is 29.9. The molecule has 2 aliphatic rings. The molecule has 184 valence electrons. The van der Waals surface area contributed by atoms with Gasteiger partial charge in [-0.15, -0.1) is 0 Å². The summed E-state index contributed by atoms with van der Waals surface area (Å²) in [4.78, 5) is 26.5. The second kappa shape index (κ2) is 9.39. The van der Waals surface area contributed by atoms with Crippen LogP contribution < -0.4 is 11.2 Å². The zero-order valence-electron chi connectivity index (χ0n) is 20.3. The van der Waals surface area contributed by atoms with Gasteiger partial charge in [0, 0.05) is 18.7 Å². The van der Waals surface area contributed by atoms with Crippen LogP contribution in [0.5, 0.6) is 0 Å². The minimum Gasteiger partial charge on any atom is -0.407 e. The van der Waals surface area contributed by atoms with Crippen LogP contribution in [0.4, 0.5) is 0 Å². The Kier molecular flexibility index (Phi) is 6.85. The number of ether oxygens (including phenoxy) is 2. The molecule has 0 saturated carbocycles. The highest BCUT2D eigenvalue weighted by molar-refractivity contribution is 6.74. The maximum Gasteiger partial charge on any atom is 0.330 e. The third-order valence-electron chi connectivity index (χ3n) is 7.08. The first-order valence-corrected chi connectivity index (χ1v) is 14.6. The number of H-pyrrole nitrogens is 1. The number of aromatic amines is 1. The van der Waals surface area contributed by atoms with Crippen molar-refractivity contribution in [2.24, 2.45) is 0 Å². The number of rotatable bonds is 5. The lowest BCUT2D eigenvalue weighted by atomic mass is 9.96.